The molecule has 1 aromatic heterocycles. The van der Waals surface area contributed by atoms with Crippen molar-refractivity contribution in [1.29, 1.82) is 0 Å². The van der Waals surface area contributed by atoms with E-state index in [0.717, 1.165) is 31.0 Å². The summed E-state index contributed by atoms with van der Waals surface area (Å²) in [6.45, 7) is 7.60. The first-order valence-corrected chi connectivity index (χ1v) is 5.54. The van der Waals surface area contributed by atoms with Crippen LogP contribution in [0.3, 0.4) is 0 Å². The van der Waals surface area contributed by atoms with Gasteiger partial charge < -0.3 is 10.1 Å². The molecule has 0 aliphatic heterocycles. The van der Waals surface area contributed by atoms with Crippen LogP contribution < -0.4 is 10.1 Å². The highest BCUT2D eigenvalue weighted by Gasteiger charge is 2.03. The molecule has 0 saturated carbocycles. The third-order valence-electron chi connectivity index (χ3n) is 1.87. The van der Waals surface area contributed by atoms with Crippen LogP contribution in [-0.2, 0) is 6.42 Å². The molecule has 1 aromatic rings. The molecule has 0 bridgehead atoms. The van der Waals surface area contributed by atoms with Crippen LogP contribution in [0.5, 0.6) is 5.88 Å². The van der Waals surface area contributed by atoms with Crippen LogP contribution in [0.15, 0.2) is 6.07 Å². The summed E-state index contributed by atoms with van der Waals surface area (Å²) in [5, 5.41) is 3.17. The molecule has 0 atom stereocenters. The smallest absolute Gasteiger partial charge is 0.218 e. The Kier molecular flexibility index (Phi) is 4.87. The Balaban J connectivity index is 2.86. The van der Waals surface area contributed by atoms with Crippen LogP contribution in [0.1, 0.15) is 33.0 Å². The molecule has 0 unspecified atom stereocenters. The standard InChI is InChI=1S/C11H19N3O/c1-4-7-9-13-10(12-5-2)8-11(14-9)15-6-3/h8H,4-7H2,1-3H3,(H,12,13,14). The second-order valence-electron chi connectivity index (χ2n) is 3.22. The molecule has 0 aromatic carbocycles. The number of hydrogen-bond donors (Lipinski definition) is 1. The van der Waals surface area contributed by atoms with Crippen molar-refractivity contribution in [2.75, 3.05) is 18.5 Å². The van der Waals surface area contributed by atoms with Crippen molar-refractivity contribution in [3.8, 4) is 5.88 Å². The summed E-state index contributed by atoms with van der Waals surface area (Å²) in [5.41, 5.74) is 0. The predicted molar refractivity (Wildman–Crippen MR) is 61.4 cm³/mol. The average molecular weight is 209 g/mol. The maximum Gasteiger partial charge on any atom is 0.218 e. The monoisotopic (exact) mass is 209 g/mol. The van der Waals surface area contributed by atoms with E-state index in [4.69, 9.17) is 4.74 Å². The Morgan fingerprint density at radius 1 is 1.27 bits per heavy atom. The van der Waals surface area contributed by atoms with Gasteiger partial charge in [-0.15, -0.1) is 0 Å². The molecule has 0 spiro atoms. The molecule has 4 heteroatoms. The van der Waals surface area contributed by atoms with Gasteiger partial charge in [-0.05, 0) is 20.3 Å². The van der Waals surface area contributed by atoms with Gasteiger partial charge >= 0.3 is 0 Å². The number of ether oxygens (including phenoxy) is 1. The Bertz CT molecular complexity index is 242. The zero-order chi connectivity index (χ0) is 11.1. The molecule has 0 saturated heterocycles. The molecule has 15 heavy (non-hydrogen) atoms. The zero-order valence-electron chi connectivity index (χ0n) is 9.71. The minimum Gasteiger partial charge on any atom is -0.478 e. The van der Waals surface area contributed by atoms with Crippen LogP contribution in [0.4, 0.5) is 5.82 Å². The highest BCUT2D eigenvalue weighted by atomic mass is 16.5. The van der Waals surface area contributed by atoms with Gasteiger partial charge in [0.1, 0.15) is 11.6 Å². The van der Waals surface area contributed by atoms with Crippen LogP contribution in [0.2, 0.25) is 0 Å². The maximum absolute atomic E-state index is 5.39. The molecular formula is C11H19N3O. The summed E-state index contributed by atoms with van der Waals surface area (Å²) in [7, 11) is 0. The molecule has 1 N–H and O–H groups in total. The number of nitrogens with zero attached hydrogens (tertiary/aromatic N) is 2. The number of anilines is 1. The van der Waals surface area contributed by atoms with Gasteiger partial charge in [-0.25, -0.2) is 4.98 Å². The van der Waals surface area contributed by atoms with Crippen LogP contribution >= 0.6 is 0 Å². The van der Waals surface area contributed by atoms with Crippen molar-refractivity contribution in [3.63, 3.8) is 0 Å². The van der Waals surface area contributed by atoms with Crippen LogP contribution in [0.25, 0.3) is 0 Å². The molecule has 4 nitrogen and oxygen atoms in total. The largest absolute Gasteiger partial charge is 0.478 e. The molecule has 0 radical (unpaired) electrons. The van der Waals surface area contributed by atoms with Gasteiger partial charge in [0.2, 0.25) is 5.88 Å². The predicted octanol–water partition coefficient (Wildman–Crippen LogP) is 2.26. The maximum atomic E-state index is 5.39. The quantitative estimate of drug-likeness (QED) is 0.780. The summed E-state index contributed by atoms with van der Waals surface area (Å²) >= 11 is 0. The van der Waals surface area contributed by atoms with E-state index in [2.05, 4.69) is 22.2 Å². The van der Waals surface area contributed by atoms with Crippen LogP contribution in [-0.4, -0.2) is 23.1 Å². The number of nitrogens with one attached hydrogen (secondary N) is 1. The fourth-order valence-corrected chi connectivity index (χ4v) is 1.30. The summed E-state index contributed by atoms with van der Waals surface area (Å²) in [6, 6.07) is 1.84. The van der Waals surface area contributed by atoms with Crippen LogP contribution in [0, 0.1) is 0 Å². The van der Waals surface area contributed by atoms with Crippen molar-refractivity contribution >= 4 is 5.82 Å². The number of aryl methyl sites for hydroxylation is 1. The fraction of sp³-hybridized carbons (Fsp3) is 0.636. The minimum absolute atomic E-state index is 0.633. The van der Waals surface area contributed by atoms with Gasteiger partial charge in [-0.1, -0.05) is 6.92 Å². The second-order valence-corrected chi connectivity index (χ2v) is 3.22. The summed E-state index contributed by atoms with van der Waals surface area (Å²) in [5.74, 6) is 2.35. The molecule has 0 amide bonds. The van der Waals surface area contributed by atoms with Crippen molar-refractivity contribution in [2.45, 2.75) is 33.6 Å². The third-order valence-corrected chi connectivity index (χ3v) is 1.87. The Labute approximate surface area is 91.1 Å². The molecule has 0 aliphatic carbocycles. The van der Waals surface area contributed by atoms with E-state index in [9.17, 15) is 0 Å². The van der Waals surface area contributed by atoms with Gasteiger partial charge in [0, 0.05) is 19.0 Å². The molecule has 0 fully saturated rings. The van der Waals surface area contributed by atoms with E-state index in [1.165, 1.54) is 0 Å². The van der Waals surface area contributed by atoms with Crippen molar-refractivity contribution < 1.29 is 4.74 Å². The van der Waals surface area contributed by atoms with Crippen molar-refractivity contribution in [1.82, 2.24) is 9.97 Å². The average Bonchev–Trinajstić information content (AvgIpc) is 2.19. The first-order chi connectivity index (χ1) is 7.30. The van der Waals surface area contributed by atoms with Crippen molar-refractivity contribution in [2.24, 2.45) is 0 Å². The second kappa shape index (κ2) is 6.22. The Hall–Kier alpha value is -1.32. The van der Waals surface area contributed by atoms with E-state index in [1.807, 2.05) is 19.9 Å². The number of rotatable bonds is 6. The lowest BCUT2D eigenvalue weighted by Gasteiger charge is -2.08. The summed E-state index contributed by atoms with van der Waals surface area (Å²) < 4.78 is 5.39. The Morgan fingerprint density at radius 2 is 2.07 bits per heavy atom. The lowest BCUT2D eigenvalue weighted by molar-refractivity contribution is 0.325. The SMILES string of the molecule is CCCc1nc(NCC)cc(OCC)n1. The molecule has 1 heterocycles. The topological polar surface area (TPSA) is 47.0 Å². The van der Waals surface area contributed by atoms with Gasteiger partial charge in [-0.2, -0.15) is 4.98 Å². The summed E-state index contributed by atoms with van der Waals surface area (Å²) in [4.78, 5) is 8.71. The highest BCUT2D eigenvalue weighted by molar-refractivity contribution is 5.38. The third kappa shape index (κ3) is 3.73. The fourth-order valence-electron chi connectivity index (χ4n) is 1.30. The number of aromatic nitrogens is 2. The molecule has 84 valence electrons. The highest BCUT2D eigenvalue weighted by Crippen LogP contribution is 2.14. The van der Waals surface area contributed by atoms with Gasteiger partial charge in [0.15, 0.2) is 0 Å². The van der Waals surface area contributed by atoms with Gasteiger partial charge in [0.25, 0.3) is 0 Å². The minimum atomic E-state index is 0.633. The molecule has 1 rings (SSSR count). The van der Waals surface area contributed by atoms with E-state index in [1.54, 1.807) is 0 Å². The van der Waals surface area contributed by atoms with E-state index in [-0.39, 0.29) is 0 Å². The molecular weight excluding hydrogens is 190 g/mol. The van der Waals surface area contributed by atoms with Gasteiger partial charge in [0.05, 0.1) is 6.61 Å². The van der Waals surface area contributed by atoms with Gasteiger partial charge in [-0.3, -0.25) is 0 Å². The lowest BCUT2D eigenvalue weighted by Crippen LogP contribution is -2.05. The summed E-state index contributed by atoms with van der Waals surface area (Å²) in [6.07, 6.45) is 1.93. The lowest BCUT2D eigenvalue weighted by atomic mass is 10.3. The molecule has 0 aliphatic rings. The zero-order valence-corrected chi connectivity index (χ0v) is 9.71. The first kappa shape index (κ1) is 11.8. The van der Waals surface area contributed by atoms with Crippen molar-refractivity contribution in [3.05, 3.63) is 11.9 Å². The van der Waals surface area contributed by atoms with E-state index in [0.29, 0.717) is 12.5 Å². The van der Waals surface area contributed by atoms with E-state index >= 15 is 0 Å². The number of hydrogen-bond acceptors (Lipinski definition) is 4. The first-order valence-electron chi connectivity index (χ1n) is 5.54. The Morgan fingerprint density at radius 3 is 2.67 bits per heavy atom. The van der Waals surface area contributed by atoms with E-state index < -0.39 is 0 Å². The normalized spacial score (nSPS) is 10.1.